The van der Waals surface area contributed by atoms with Gasteiger partial charge in [0.1, 0.15) is 18.1 Å². The summed E-state index contributed by atoms with van der Waals surface area (Å²) in [7, 11) is 0. The number of carbonyl (C=O) groups is 1. The van der Waals surface area contributed by atoms with Crippen LogP contribution in [0.25, 0.3) is 22.4 Å². The van der Waals surface area contributed by atoms with Gasteiger partial charge in [0.15, 0.2) is 0 Å². The molecule has 0 bridgehead atoms. The van der Waals surface area contributed by atoms with Gasteiger partial charge in [0.2, 0.25) is 5.71 Å². The highest BCUT2D eigenvalue weighted by molar-refractivity contribution is 5.79. The van der Waals surface area contributed by atoms with E-state index in [9.17, 15) is 9.59 Å². The Morgan fingerprint density at radius 2 is 1.87 bits per heavy atom. The normalized spacial score (nSPS) is 18.9. The fourth-order valence-electron chi connectivity index (χ4n) is 5.00. The zero-order valence-corrected chi connectivity index (χ0v) is 22.5. The quantitative estimate of drug-likeness (QED) is 0.240. The second-order valence-electron chi connectivity index (χ2n) is 10.0. The van der Waals surface area contributed by atoms with Crippen molar-refractivity contribution in [2.75, 3.05) is 0 Å². The van der Waals surface area contributed by atoms with Gasteiger partial charge in [0.05, 0.1) is 11.5 Å². The Morgan fingerprint density at radius 1 is 1.08 bits per heavy atom. The summed E-state index contributed by atoms with van der Waals surface area (Å²) in [6, 6.07) is 19.9. The standard InChI is InChI=1S/C31H35N3O5/c1-3-5-7-10-21-13-15-23(16-14-21)26-17-24-20-34(30(35)33-29(24)38-26)28-18-27(25(4-2)37-28)39-31(36)32-19-22-11-8-6-9-12-22/h6,8-9,11-17,20,25,27-28H,3-5,7,10,18-19H2,1-2H3,(H,32,36). The van der Waals surface area contributed by atoms with E-state index < -0.39 is 24.1 Å². The van der Waals surface area contributed by atoms with Gasteiger partial charge >= 0.3 is 11.8 Å². The summed E-state index contributed by atoms with van der Waals surface area (Å²) in [6.45, 7) is 4.54. The number of ether oxygens (including phenoxy) is 2. The zero-order valence-electron chi connectivity index (χ0n) is 22.5. The number of carbonyl (C=O) groups excluding carboxylic acids is 1. The number of unbranched alkanes of at least 4 members (excludes halogenated alkanes) is 2. The number of fused-ring (bicyclic) bond motifs is 1. The number of amides is 1. The first-order valence-electron chi connectivity index (χ1n) is 13.8. The van der Waals surface area contributed by atoms with Crippen molar-refractivity contribution in [1.82, 2.24) is 14.9 Å². The summed E-state index contributed by atoms with van der Waals surface area (Å²) in [5, 5.41) is 3.49. The lowest BCUT2D eigenvalue weighted by Crippen LogP contribution is -2.32. The van der Waals surface area contributed by atoms with Crippen LogP contribution in [0.1, 0.15) is 63.3 Å². The molecular weight excluding hydrogens is 494 g/mol. The molecule has 0 aliphatic carbocycles. The number of rotatable bonds is 10. The Hall–Kier alpha value is -3.91. The maximum absolute atomic E-state index is 12.9. The van der Waals surface area contributed by atoms with Crippen LogP contribution in [0.3, 0.4) is 0 Å². The number of nitrogens with one attached hydrogen (secondary N) is 1. The van der Waals surface area contributed by atoms with E-state index in [1.54, 1.807) is 6.20 Å². The van der Waals surface area contributed by atoms with E-state index in [-0.39, 0.29) is 11.8 Å². The number of alkyl carbamates (subject to hydrolysis) is 1. The summed E-state index contributed by atoms with van der Waals surface area (Å²) >= 11 is 0. The van der Waals surface area contributed by atoms with E-state index in [4.69, 9.17) is 13.9 Å². The predicted molar refractivity (Wildman–Crippen MR) is 149 cm³/mol. The smallest absolute Gasteiger partial charge is 0.407 e. The van der Waals surface area contributed by atoms with Crippen LogP contribution in [0, 0.1) is 0 Å². The molecule has 1 aliphatic rings. The van der Waals surface area contributed by atoms with E-state index in [0.717, 1.165) is 17.5 Å². The summed E-state index contributed by atoms with van der Waals surface area (Å²) in [4.78, 5) is 29.5. The highest BCUT2D eigenvalue weighted by Crippen LogP contribution is 2.33. The Morgan fingerprint density at radius 3 is 2.62 bits per heavy atom. The molecule has 1 fully saturated rings. The van der Waals surface area contributed by atoms with Gasteiger partial charge in [0.25, 0.3) is 0 Å². The summed E-state index contributed by atoms with van der Waals surface area (Å²) in [5.74, 6) is 0.657. The van der Waals surface area contributed by atoms with Crippen LogP contribution in [0.15, 0.2) is 76.1 Å². The molecule has 204 valence electrons. The number of furan rings is 1. The van der Waals surface area contributed by atoms with Crippen molar-refractivity contribution in [2.24, 2.45) is 0 Å². The number of nitrogens with zero attached hydrogens (tertiary/aromatic N) is 2. The largest absolute Gasteiger partial charge is 0.443 e. The van der Waals surface area contributed by atoms with Crippen LogP contribution in [-0.2, 0) is 22.4 Å². The molecule has 1 amide bonds. The molecule has 2 aromatic carbocycles. The summed E-state index contributed by atoms with van der Waals surface area (Å²) < 4.78 is 19.2. The lowest BCUT2D eigenvalue weighted by atomic mass is 10.0. The van der Waals surface area contributed by atoms with E-state index in [1.165, 1.54) is 29.4 Å². The molecule has 4 aromatic rings. The van der Waals surface area contributed by atoms with Gasteiger partial charge in [0, 0.05) is 24.7 Å². The number of hydrogen-bond acceptors (Lipinski definition) is 6. The minimum absolute atomic E-state index is 0.288. The van der Waals surface area contributed by atoms with Crippen LogP contribution in [-0.4, -0.2) is 27.9 Å². The predicted octanol–water partition coefficient (Wildman–Crippen LogP) is 6.38. The Labute approximate surface area is 228 Å². The van der Waals surface area contributed by atoms with Crippen LogP contribution in [0.2, 0.25) is 0 Å². The fraction of sp³-hybridized carbons (Fsp3) is 0.387. The molecule has 5 rings (SSSR count). The minimum atomic E-state index is -0.591. The average molecular weight is 530 g/mol. The molecule has 8 nitrogen and oxygen atoms in total. The van der Waals surface area contributed by atoms with E-state index in [2.05, 4.69) is 29.4 Å². The van der Waals surface area contributed by atoms with Crippen molar-refractivity contribution < 1.29 is 18.7 Å². The first kappa shape index (κ1) is 26.7. The van der Waals surface area contributed by atoms with Gasteiger partial charge in [-0.25, -0.2) is 9.59 Å². The first-order valence-corrected chi connectivity index (χ1v) is 13.8. The maximum atomic E-state index is 12.9. The second-order valence-corrected chi connectivity index (χ2v) is 10.0. The molecule has 0 spiro atoms. The van der Waals surface area contributed by atoms with Gasteiger partial charge < -0.3 is 19.2 Å². The average Bonchev–Trinajstić information content (AvgIpc) is 3.56. The van der Waals surface area contributed by atoms with Crippen molar-refractivity contribution in [1.29, 1.82) is 0 Å². The monoisotopic (exact) mass is 529 g/mol. The van der Waals surface area contributed by atoms with Crippen molar-refractivity contribution in [2.45, 2.75) is 77.4 Å². The molecule has 1 aliphatic heterocycles. The topological polar surface area (TPSA) is 95.6 Å². The highest BCUT2D eigenvalue weighted by atomic mass is 16.6. The van der Waals surface area contributed by atoms with Gasteiger partial charge in [-0.15, -0.1) is 0 Å². The first-order chi connectivity index (χ1) is 19.0. The van der Waals surface area contributed by atoms with Crippen LogP contribution in [0.4, 0.5) is 4.79 Å². The van der Waals surface area contributed by atoms with Crippen LogP contribution >= 0.6 is 0 Å². The molecular formula is C31H35N3O5. The van der Waals surface area contributed by atoms with Crippen molar-refractivity contribution in [3.05, 3.63) is 88.5 Å². The third-order valence-electron chi connectivity index (χ3n) is 7.18. The van der Waals surface area contributed by atoms with Crippen LogP contribution < -0.4 is 11.0 Å². The molecule has 3 heterocycles. The molecule has 39 heavy (non-hydrogen) atoms. The number of hydrogen-bond donors (Lipinski definition) is 1. The third kappa shape index (κ3) is 6.40. The Bertz CT molecular complexity index is 1440. The lowest BCUT2D eigenvalue weighted by molar-refractivity contribution is -0.0249. The highest BCUT2D eigenvalue weighted by Gasteiger charge is 2.38. The third-order valence-corrected chi connectivity index (χ3v) is 7.18. The van der Waals surface area contributed by atoms with Crippen molar-refractivity contribution in [3.63, 3.8) is 0 Å². The zero-order chi connectivity index (χ0) is 27.2. The van der Waals surface area contributed by atoms with Gasteiger partial charge in [-0.2, -0.15) is 4.98 Å². The molecule has 1 N–H and O–H groups in total. The molecule has 0 saturated carbocycles. The SMILES string of the molecule is CCCCCc1ccc(-c2cc3cn(C4CC(OC(=O)NCc5ccccc5)C(CC)O4)c(=O)nc3o2)cc1. The summed E-state index contributed by atoms with van der Waals surface area (Å²) in [5.41, 5.74) is 3.04. The minimum Gasteiger partial charge on any atom is -0.443 e. The fourth-order valence-corrected chi connectivity index (χ4v) is 5.00. The Balaban J connectivity index is 1.27. The van der Waals surface area contributed by atoms with E-state index in [0.29, 0.717) is 30.5 Å². The molecule has 8 heteroatoms. The van der Waals surface area contributed by atoms with Crippen molar-refractivity contribution in [3.8, 4) is 11.3 Å². The second kappa shape index (κ2) is 12.3. The number of aromatic nitrogens is 2. The maximum Gasteiger partial charge on any atom is 0.407 e. The molecule has 0 radical (unpaired) electrons. The molecule has 3 unspecified atom stereocenters. The number of aryl methyl sites for hydroxylation is 1. The van der Waals surface area contributed by atoms with Gasteiger partial charge in [-0.05, 0) is 36.5 Å². The van der Waals surface area contributed by atoms with Gasteiger partial charge in [-0.1, -0.05) is 81.3 Å². The summed E-state index contributed by atoms with van der Waals surface area (Å²) in [6.07, 6.45) is 5.49. The van der Waals surface area contributed by atoms with E-state index in [1.807, 2.05) is 55.5 Å². The molecule has 2 aromatic heterocycles. The Kier molecular flexibility index (Phi) is 8.42. The molecule has 3 atom stereocenters. The molecule has 1 saturated heterocycles. The van der Waals surface area contributed by atoms with Crippen LogP contribution in [0.5, 0.6) is 0 Å². The number of benzene rings is 2. The van der Waals surface area contributed by atoms with Crippen molar-refractivity contribution >= 4 is 17.2 Å². The lowest BCUT2D eigenvalue weighted by Gasteiger charge is -2.17. The van der Waals surface area contributed by atoms with Gasteiger partial charge in [-0.3, -0.25) is 4.57 Å². The van der Waals surface area contributed by atoms with E-state index >= 15 is 0 Å².